The number of carbonyl (C=O) groups excluding carboxylic acids is 2. The number of nitrogens with zero attached hydrogens (tertiary/aromatic N) is 2. The Morgan fingerprint density at radius 2 is 2.00 bits per heavy atom. The van der Waals surface area contributed by atoms with Crippen LogP contribution in [0.1, 0.15) is 20.3 Å². The van der Waals surface area contributed by atoms with Crippen LogP contribution in [0.15, 0.2) is 39.9 Å². The molecular formula is C16H17N3O6. The monoisotopic (exact) mass is 347 g/mol. The summed E-state index contributed by atoms with van der Waals surface area (Å²) >= 11 is 0. The molecule has 0 radical (unpaired) electrons. The van der Waals surface area contributed by atoms with Crippen molar-refractivity contribution in [1.82, 2.24) is 14.3 Å². The maximum absolute atomic E-state index is 12.8. The Balaban J connectivity index is 2.23. The van der Waals surface area contributed by atoms with E-state index in [4.69, 9.17) is 9.47 Å². The van der Waals surface area contributed by atoms with Crippen molar-refractivity contribution in [3.05, 3.63) is 51.3 Å². The summed E-state index contributed by atoms with van der Waals surface area (Å²) in [5.41, 5.74) is -3.35. The van der Waals surface area contributed by atoms with Gasteiger partial charge in [-0.15, -0.1) is 0 Å². The molecule has 1 aliphatic heterocycles. The minimum Gasteiger partial charge on any atom is -0.464 e. The number of esters is 2. The number of ether oxygens (including phenoxy) is 2. The number of cyclic esters (lactones) is 1. The lowest BCUT2D eigenvalue weighted by Gasteiger charge is -2.22. The zero-order chi connectivity index (χ0) is 18.2. The van der Waals surface area contributed by atoms with E-state index in [-0.39, 0.29) is 13.0 Å². The Labute approximate surface area is 141 Å². The molecule has 132 valence electrons. The van der Waals surface area contributed by atoms with Gasteiger partial charge in [-0.25, -0.2) is 33.5 Å². The van der Waals surface area contributed by atoms with Gasteiger partial charge in [-0.2, -0.15) is 0 Å². The van der Waals surface area contributed by atoms with Gasteiger partial charge in [0.1, 0.15) is 6.10 Å². The van der Waals surface area contributed by atoms with E-state index in [0.29, 0.717) is 10.4 Å². The average Bonchev–Trinajstić information content (AvgIpc) is 3.04. The summed E-state index contributed by atoms with van der Waals surface area (Å²) in [5.74, 6) is -1.87. The predicted octanol–water partition coefficient (Wildman–Crippen LogP) is -0.0789. The Morgan fingerprint density at radius 3 is 2.56 bits per heavy atom. The zero-order valence-electron chi connectivity index (χ0n) is 13.7. The number of hydrogen-bond acceptors (Lipinski definition) is 6. The zero-order valence-corrected chi connectivity index (χ0v) is 13.7. The van der Waals surface area contributed by atoms with Crippen LogP contribution in [-0.4, -0.2) is 39.0 Å². The molecule has 2 heterocycles. The second-order valence-corrected chi connectivity index (χ2v) is 5.71. The van der Waals surface area contributed by atoms with Gasteiger partial charge in [-0.1, -0.05) is 18.2 Å². The molecular weight excluding hydrogens is 330 g/mol. The first kappa shape index (κ1) is 16.7. The Bertz CT molecular complexity index is 925. The van der Waals surface area contributed by atoms with Crippen molar-refractivity contribution >= 4 is 11.9 Å². The lowest BCUT2D eigenvalue weighted by molar-refractivity contribution is -0.164. The van der Waals surface area contributed by atoms with E-state index in [2.05, 4.69) is 5.10 Å². The van der Waals surface area contributed by atoms with Crippen LogP contribution >= 0.6 is 0 Å². The van der Waals surface area contributed by atoms with E-state index in [9.17, 15) is 19.2 Å². The fourth-order valence-electron chi connectivity index (χ4n) is 2.96. The van der Waals surface area contributed by atoms with Crippen LogP contribution in [0, 0.1) is 0 Å². The van der Waals surface area contributed by atoms with Crippen LogP contribution in [0.25, 0.3) is 5.69 Å². The maximum Gasteiger partial charge on any atom is 0.353 e. The molecule has 1 saturated heterocycles. The summed E-state index contributed by atoms with van der Waals surface area (Å²) in [7, 11) is 0. The van der Waals surface area contributed by atoms with E-state index in [1.807, 2.05) is 0 Å². The molecule has 1 fully saturated rings. The number of aromatic amines is 1. The smallest absolute Gasteiger partial charge is 0.353 e. The number of H-pyrrole nitrogens is 1. The third-order valence-electron chi connectivity index (χ3n) is 4.03. The Hall–Kier alpha value is -3.10. The third kappa shape index (κ3) is 2.48. The molecule has 0 spiro atoms. The molecule has 0 bridgehead atoms. The van der Waals surface area contributed by atoms with Gasteiger partial charge in [-0.05, 0) is 26.0 Å². The molecule has 9 heteroatoms. The molecule has 0 amide bonds. The van der Waals surface area contributed by atoms with E-state index < -0.39 is 35.0 Å². The van der Waals surface area contributed by atoms with Crippen LogP contribution in [0.5, 0.6) is 0 Å². The lowest BCUT2D eigenvalue weighted by atomic mass is 9.96. The van der Waals surface area contributed by atoms with E-state index >= 15 is 0 Å². The highest BCUT2D eigenvalue weighted by Gasteiger charge is 2.59. The van der Waals surface area contributed by atoms with Crippen LogP contribution in [0.3, 0.4) is 0 Å². The molecule has 0 saturated carbocycles. The molecule has 1 N–H and O–H groups in total. The van der Waals surface area contributed by atoms with Crippen LogP contribution in [0.2, 0.25) is 0 Å². The topological polar surface area (TPSA) is 112 Å². The molecule has 0 unspecified atom stereocenters. The molecule has 2 aromatic rings. The largest absolute Gasteiger partial charge is 0.464 e. The number of rotatable bonds is 4. The molecule has 2 atom stereocenters. The van der Waals surface area contributed by atoms with Gasteiger partial charge in [0, 0.05) is 6.42 Å². The summed E-state index contributed by atoms with van der Waals surface area (Å²) in [6.45, 7) is 3.19. The van der Waals surface area contributed by atoms with Gasteiger partial charge in [0.15, 0.2) is 0 Å². The Morgan fingerprint density at radius 1 is 1.32 bits per heavy atom. The van der Waals surface area contributed by atoms with Crippen molar-refractivity contribution in [3.63, 3.8) is 0 Å². The van der Waals surface area contributed by atoms with Crippen LogP contribution in [0.4, 0.5) is 0 Å². The predicted molar refractivity (Wildman–Crippen MR) is 85.4 cm³/mol. The second kappa shape index (κ2) is 6.08. The quantitative estimate of drug-likeness (QED) is 0.611. The first-order valence-electron chi connectivity index (χ1n) is 7.80. The van der Waals surface area contributed by atoms with Crippen molar-refractivity contribution in [2.75, 3.05) is 6.61 Å². The number of aromatic nitrogens is 3. The van der Waals surface area contributed by atoms with Crippen molar-refractivity contribution in [1.29, 1.82) is 0 Å². The van der Waals surface area contributed by atoms with Crippen LogP contribution in [-0.2, 0) is 24.6 Å². The lowest BCUT2D eigenvalue weighted by Crippen LogP contribution is -2.52. The van der Waals surface area contributed by atoms with Crippen molar-refractivity contribution in [2.24, 2.45) is 0 Å². The first-order valence-corrected chi connectivity index (χ1v) is 7.80. The van der Waals surface area contributed by atoms with Gasteiger partial charge in [0.25, 0.3) is 5.54 Å². The van der Waals surface area contributed by atoms with Gasteiger partial charge < -0.3 is 9.47 Å². The summed E-state index contributed by atoms with van der Waals surface area (Å²) in [4.78, 5) is 50.1. The summed E-state index contributed by atoms with van der Waals surface area (Å²) in [6, 6.07) is 8.17. The minimum atomic E-state index is -2.04. The highest BCUT2D eigenvalue weighted by atomic mass is 16.6. The van der Waals surface area contributed by atoms with Gasteiger partial charge in [0.05, 0.1) is 12.3 Å². The van der Waals surface area contributed by atoms with Crippen molar-refractivity contribution in [2.45, 2.75) is 31.9 Å². The molecule has 9 nitrogen and oxygen atoms in total. The molecule has 3 rings (SSSR count). The SMILES string of the molecule is CCOC(=O)[C@]1(n2[nH]c(=O)n(-c3ccccc3)c2=O)C[C@H](C)OC1=O. The van der Waals surface area contributed by atoms with Gasteiger partial charge in [0.2, 0.25) is 0 Å². The summed E-state index contributed by atoms with van der Waals surface area (Å²) in [6.07, 6.45) is -0.716. The highest BCUT2D eigenvalue weighted by molar-refractivity contribution is 6.03. The summed E-state index contributed by atoms with van der Waals surface area (Å²) < 4.78 is 11.6. The molecule has 1 aliphatic rings. The fourth-order valence-corrected chi connectivity index (χ4v) is 2.96. The van der Waals surface area contributed by atoms with Gasteiger partial charge in [-0.3, -0.25) is 0 Å². The fraction of sp³-hybridized carbons (Fsp3) is 0.375. The highest BCUT2D eigenvalue weighted by Crippen LogP contribution is 2.32. The summed E-state index contributed by atoms with van der Waals surface area (Å²) in [5, 5.41) is 2.29. The van der Waals surface area contributed by atoms with Gasteiger partial charge >= 0.3 is 23.3 Å². The minimum absolute atomic E-state index is 0.0145. The molecule has 25 heavy (non-hydrogen) atoms. The van der Waals surface area contributed by atoms with E-state index in [0.717, 1.165) is 4.57 Å². The number of nitrogens with one attached hydrogen (secondary N) is 1. The molecule has 0 aliphatic carbocycles. The number of benzene rings is 1. The van der Waals surface area contributed by atoms with Crippen molar-refractivity contribution < 1.29 is 19.1 Å². The first-order chi connectivity index (χ1) is 11.9. The number of hydrogen-bond donors (Lipinski definition) is 1. The van der Waals surface area contributed by atoms with E-state index in [1.165, 1.54) is 0 Å². The maximum atomic E-state index is 12.8. The number of carbonyl (C=O) groups is 2. The Kier molecular flexibility index (Phi) is 4.07. The normalized spacial score (nSPS) is 22.6. The van der Waals surface area contributed by atoms with E-state index in [1.54, 1.807) is 44.2 Å². The molecule has 1 aromatic carbocycles. The second-order valence-electron chi connectivity index (χ2n) is 5.71. The average molecular weight is 347 g/mol. The van der Waals surface area contributed by atoms with Crippen molar-refractivity contribution in [3.8, 4) is 5.69 Å². The molecule has 1 aromatic heterocycles. The standard InChI is InChI=1S/C16H17N3O6/c1-3-24-12(20)16(9-10(2)25-13(16)21)19-15(23)18(14(22)17-19)11-7-5-4-6-8-11/h4-8,10H,3,9H2,1-2H3,(H,17,22)/t10-,16+/m0/s1. The van der Waals surface area contributed by atoms with Crippen LogP contribution < -0.4 is 11.4 Å². The third-order valence-corrected chi connectivity index (χ3v) is 4.03. The number of para-hydroxylation sites is 1.